The number of fused-ring (bicyclic) bond motifs is 1. The highest BCUT2D eigenvalue weighted by molar-refractivity contribution is 7.88. The Bertz CT molecular complexity index is 839. The number of hydrogen-bond acceptors (Lipinski definition) is 5. The van der Waals surface area contributed by atoms with Crippen molar-refractivity contribution in [3.8, 4) is 0 Å². The third-order valence-corrected chi connectivity index (χ3v) is 4.84. The minimum atomic E-state index is -3.23. The molecule has 1 aliphatic heterocycles. The molecule has 0 saturated heterocycles. The van der Waals surface area contributed by atoms with Gasteiger partial charge in [-0.15, -0.1) is 0 Å². The van der Waals surface area contributed by atoms with Crippen LogP contribution in [0.3, 0.4) is 0 Å². The molecule has 1 atom stereocenters. The molecule has 8 nitrogen and oxygen atoms in total. The van der Waals surface area contributed by atoms with E-state index < -0.39 is 10.0 Å². The number of hydrogen-bond donors (Lipinski definition) is 1. The fraction of sp³-hybridized carbons (Fsp3) is 0.467. The first kappa shape index (κ1) is 16.7. The van der Waals surface area contributed by atoms with Crippen LogP contribution < -0.4 is 4.72 Å². The predicted octanol–water partition coefficient (Wildman–Crippen LogP) is 0.921. The Kier molecular flexibility index (Phi) is 4.46. The summed E-state index contributed by atoms with van der Waals surface area (Å²) in [6.45, 7) is 3.07. The Morgan fingerprint density at radius 1 is 1.50 bits per heavy atom. The van der Waals surface area contributed by atoms with Gasteiger partial charge in [-0.25, -0.2) is 18.1 Å². The second-order valence-corrected chi connectivity index (χ2v) is 7.85. The highest BCUT2D eigenvalue weighted by Gasteiger charge is 2.30. The molecular weight excluding hydrogens is 332 g/mol. The zero-order valence-electron chi connectivity index (χ0n) is 13.6. The summed E-state index contributed by atoms with van der Waals surface area (Å²) in [5.74, 6) is 0.182. The Morgan fingerprint density at radius 2 is 2.29 bits per heavy atom. The van der Waals surface area contributed by atoms with Gasteiger partial charge in [0.05, 0.1) is 37.1 Å². The standard InChI is InChI=1S/C15H20N4O4S/c1-11-4-6-23-14(11)15(20)18-8-12(3-5-17-24(2,21)22)19-10-16-7-13(19)9-18/h4,6-7,10,12,17H,3,5,8-9H2,1-2H3/t12-/m0/s1. The van der Waals surface area contributed by atoms with Crippen LogP contribution in [0.2, 0.25) is 0 Å². The van der Waals surface area contributed by atoms with Gasteiger partial charge in [-0.3, -0.25) is 4.79 Å². The first-order chi connectivity index (χ1) is 11.3. The van der Waals surface area contributed by atoms with Crippen LogP contribution in [0, 0.1) is 6.92 Å². The Morgan fingerprint density at radius 3 is 2.96 bits per heavy atom. The minimum Gasteiger partial charge on any atom is -0.459 e. The second kappa shape index (κ2) is 6.40. The van der Waals surface area contributed by atoms with Gasteiger partial charge < -0.3 is 13.9 Å². The Hall–Kier alpha value is -2.13. The van der Waals surface area contributed by atoms with Crippen molar-refractivity contribution < 1.29 is 17.6 Å². The molecule has 0 aliphatic carbocycles. The number of aryl methyl sites for hydroxylation is 1. The van der Waals surface area contributed by atoms with E-state index in [-0.39, 0.29) is 11.9 Å². The number of imidazole rings is 1. The molecule has 1 amide bonds. The summed E-state index contributed by atoms with van der Waals surface area (Å²) in [5.41, 5.74) is 1.72. The molecule has 0 spiro atoms. The van der Waals surface area contributed by atoms with Crippen molar-refractivity contribution >= 4 is 15.9 Å². The molecule has 1 aliphatic rings. The third kappa shape index (κ3) is 3.51. The van der Waals surface area contributed by atoms with Crippen LogP contribution in [-0.2, 0) is 16.6 Å². The van der Waals surface area contributed by atoms with E-state index >= 15 is 0 Å². The molecule has 1 N–H and O–H groups in total. The molecule has 2 aromatic rings. The number of rotatable bonds is 5. The average Bonchev–Trinajstić information content (AvgIpc) is 3.13. The summed E-state index contributed by atoms with van der Waals surface area (Å²) < 4.78 is 32.3. The molecule has 0 bridgehead atoms. The fourth-order valence-electron chi connectivity index (χ4n) is 2.92. The van der Waals surface area contributed by atoms with Gasteiger partial charge in [-0.2, -0.15) is 0 Å². The van der Waals surface area contributed by atoms with Crippen molar-refractivity contribution in [3.63, 3.8) is 0 Å². The molecule has 130 valence electrons. The maximum atomic E-state index is 12.7. The van der Waals surface area contributed by atoms with Crippen LogP contribution in [0.25, 0.3) is 0 Å². The van der Waals surface area contributed by atoms with Gasteiger partial charge in [0.15, 0.2) is 5.76 Å². The minimum absolute atomic E-state index is 0.0373. The first-order valence-corrected chi connectivity index (χ1v) is 9.53. The van der Waals surface area contributed by atoms with E-state index in [0.717, 1.165) is 17.5 Å². The van der Waals surface area contributed by atoms with E-state index in [1.54, 1.807) is 23.5 Å². The molecule has 0 aromatic carbocycles. The number of sulfonamides is 1. The summed E-state index contributed by atoms with van der Waals surface area (Å²) in [6, 6.07) is 1.72. The number of carbonyl (C=O) groups is 1. The smallest absolute Gasteiger partial charge is 0.290 e. The molecule has 3 rings (SSSR count). The van der Waals surface area contributed by atoms with Gasteiger partial charge in [-0.1, -0.05) is 0 Å². The summed E-state index contributed by atoms with van der Waals surface area (Å²) in [6.07, 6.45) is 6.65. The SMILES string of the molecule is Cc1ccoc1C(=O)N1Cc2cncn2[C@@H](CCNS(C)(=O)=O)C1. The lowest BCUT2D eigenvalue weighted by atomic mass is 10.1. The van der Waals surface area contributed by atoms with Crippen molar-refractivity contribution in [3.05, 3.63) is 41.9 Å². The van der Waals surface area contributed by atoms with E-state index in [0.29, 0.717) is 31.8 Å². The van der Waals surface area contributed by atoms with Gasteiger partial charge in [-0.05, 0) is 19.4 Å². The average molecular weight is 352 g/mol. The van der Waals surface area contributed by atoms with Crippen LogP contribution >= 0.6 is 0 Å². The Balaban J connectivity index is 1.76. The number of nitrogens with zero attached hydrogens (tertiary/aromatic N) is 3. The van der Waals surface area contributed by atoms with Crippen molar-refractivity contribution in [1.82, 2.24) is 19.2 Å². The summed E-state index contributed by atoms with van der Waals surface area (Å²) in [7, 11) is -3.23. The third-order valence-electron chi connectivity index (χ3n) is 4.11. The molecule has 0 fully saturated rings. The number of aromatic nitrogens is 2. The monoisotopic (exact) mass is 352 g/mol. The highest BCUT2D eigenvalue weighted by Crippen LogP contribution is 2.25. The maximum absolute atomic E-state index is 12.7. The van der Waals surface area contributed by atoms with E-state index in [2.05, 4.69) is 9.71 Å². The number of amides is 1. The normalized spacial score (nSPS) is 17.8. The quantitative estimate of drug-likeness (QED) is 0.863. The summed E-state index contributed by atoms with van der Waals surface area (Å²) in [5, 5.41) is 0. The fourth-order valence-corrected chi connectivity index (χ4v) is 3.41. The zero-order chi connectivity index (χ0) is 17.3. The number of furan rings is 1. The van der Waals surface area contributed by atoms with Crippen LogP contribution in [-0.4, -0.2) is 48.1 Å². The van der Waals surface area contributed by atoms with Gasteiger partial charge in [0.2, 0.25) is 10.0 Å². The Labute approximate surface area is 140 Å². The van der Waals surface area contributed by atoms with E-state index in [9.17, 15) is 13.2 Å². The summed E-state index contributed by atoms with van der Waals surface area (Å²) in [4.78, 5) is 18.5. The van der Waals surface area contributed by atoms with Crippen molar-refractivity contribution in [2.45, 2.75) is 25.9 Å². The topological polar surface area (TPSA) is 97.4 Å². The molecule has 0 unspecified atom stereocenters. The molecular formula is C15H20N4O4S. The van der Waals surface area contributed by atoms with Crippen LogP contribution in [0.5, 0.6) is 0 Å². The molecule has 9 heteroatoms. The van der Waals surface area contributed by atoms with Gasteiger partial charge in [0, 0.05) is 24.8 Å². The van der Waals surface area contributed by atoms with Gasteiger partial charge in [0.25, 0.3) is 5.91 Å². The van der Waals surface area contributed by atoms with Crippen molar-refractivity contribution in [2.75, 3.05) is 19.3 Å². The summed E-state index contributed by atoms with van der Waals surface area (Å²) >= 11 is 0. The maximum Gasteiger partial charge on any atom is 0.290 e. The number of nitrogens with one attached hydrogen (secondary N) is 1. The molecule has 2 aromatic heterocycles. The van der Waals surface area contributed by atoms with Crippen LogP contribution in [0.1, 0.15) is 34.3 Å². The van der Waals surface area contributed by atoms with Crippen LogP contribution in [0.15, 0.2) is 29.3 Å². The van der Waals surface area contributed by atoms with Gasteiger partial charge >= 0.3 is 0 Å². The first-order valence-electron chi connectivity index (χ1n) is 7.64. The largest absolute Gasteiger partial charge is 0.459 e. The highest BCUT2D eigenvalue weighted by atomic mass is 32.2. The van der Waals surface area contributed by atoms with Crippen molar-refractivity contribution in [2.24, 2.45) is 0 Å². The lowest BCUT2D eigenvalue weighted by Gasteiger charge is -2.34. The van der Waals surface area contributed by atoms with E-state index in [1.165, 1.54) is 6.26 Å². The van der Waals surface area contributed by atoms with E-state index in [4.69, 9.17) is 4.42 Å². The predicted molar refractivity (Wildman–Crippen MR) is 86.9 cm³/mol. The lowest BCUT2D eigenvalue weighted by Crippen LogP contribution is -2.41. The molecule has 3 heterocycles. The molecule has 0 saturated carbocycles. The molecule has 24 heavy (non-hydrogen) atoms. The number of carbonyl (C=O) groups excluding carboxylic acids is 1. The second-order valence-electron chi connectivity index (χ2n) is 6.02. The van der Waals surface area contributed by atoms with Crippen LogP contribution in [0.4, 0.5) is 0 Å². The van der Waals surface area contributed by atoms with Crippen molar-refractivity contribution in [1.29, 1.82) is 0 Å². The molecule has 0 radical (unpaired) electrons. The van der Waals surface area contributed by atoms with Gasteiger partial charge in [0.1, 0.15) is 0 Å². The zero-order valence-corrected chi connectivity index (χ0v) is 14.4. The lowest BCUT2D eigenvalue weighted by molar-refractivity contribution is 0.0641. The van der Waals surface area contributed by atoms with E-state index in [1.807, 2.05) is 11.5 Å².